The maximum atomic E-state index is 6.00. The van der Waals surface area contributed by atoms with Gasteiger partial charge in [-0.1, -0.05) is 23.2 Å². The van der Waals surface area contributed by atoms with Crippen molar-refractivity contribution in [2.24, 2.45) is 4.99 Å². The van der Waals surface area contributed by atoms with Gasteiger partial charge in [-0.15, -0.1) is 0 Å². The summed E-state index contributed by atoms with van der Waals surface area (Å²) in [6, 6.07) is 5.21. The summed E-state index contributed by atoms with van der Waals surface area (Å²) < 4.78 is 5.60. The number of aliphatic imine (C=N–C) groups is 1. The van der Waals surface area contributed by atoms with Crippen LogP contribution in [0.25, 0.3) is 0 Å². The molecule has 1 rings (SSSR count). The van der Waals surface area contributed by atoms with Crippen molar-refractivity contribution in [2.75, 3.05) is 0 Å². The lowest BCUT2D eigenvalue weighted by Crippen LogP contribution is -2.24. The fraction of sp³-hybridized carbons (Fsp3) is 0.250. The van der Waals surface area contributed by atoms with Gasteiger partial charge in [-0.2, -0.15) is 0 Å². The highest BCUT2D eigenvalue weighted by molar-refractivity contribution is 6.70. The Kier molecular flexibility index (Phi) is 4.80. The lowest BCUT2D eigenvalue weighted by atomic mass is 10.2. The van der Waals surface area contributed by atoms with Crippen LogP contribution in [0.5, 0.6) is 0 Å². The highest BCUT2D eigenvalue weighted by Crippen LogP contribution is 2.19. The first-order valence-electron chi connectivity index (χ1n) is 5.15. The lowest BCUT2D eigenvalue weighted by Gasteiger charge is -2.17. The number of hydrogen-bond donors (Lipinski definition) is 0. The van der Waals surface area contributed by atoms with Crippen LogP contribution < -0.4 is 0 Å². The van der Waals surface area contributed by atoms with Crippen molar-refractivity contribution >= 4 is 37.7 Å². The largest absolute Gasteiger partial charge is 0.532 e. The lowest BCUT2D eigenvalue weighted by molar-refractivity contribution is 0.421. The predicted octanol–water partition coefficient (Wildman–Crippen LogP) is 4.74. The molecular formula is C12H15Cl2NOSi. The van der Waals surface area contributed by atoms with Gasteiger partial charge in [-0.3, -0.25) is 0 Å². The fourth-order valence-electron chi connectivity index (χ4n) is 1.13. The third-order valence-corrected chi connectivity index (χ3v) is 3.16. The Balaban J connectivity index is 2.77. The van der Waals surface area contributed by atoms with Gasteiger partial charge in [-0.25, -0.2) is 4.99 Å². The standard InChI is InChI=1S/C12H15Cl2NOSi/c1-9(16-17(2,3)4)15-8-10-7-11(13)5-6-12(10)14/h5-8H,1H2,2-4H3/b15-8+. The van der Waals surface area contributed by atoms with E-state index < -0.39 is 8.32 Å². The van der Waals surface area contributed by atoms with Crippen molar-refractivity contribution in [1.29, 1.82) is 0 Å². The molecule has 0 fully saturated rings. The molecule has 0 aliphatic carbocycles. The zero-order chi connectivity index (χ0) is 13.1. The van der Waals surface area contributed by atoms with Gasteiger partial charge < -0.3 is 4.43 Å². The zero-order valence-electron chi connectivity index (χ0n) is 10.1. The third kappa shape index (κ3) is 5.39. The molecule has 0 amide bonds. The van der Waals surface area contributed by atoms with E-state index in [0.29, 0.717) is 15.9 Å². The Morgan fingerprint density at radius 3 is 2.59 bits per heavy atom. The summed E-state index contributed by atoms with van der Waals surface area (Å²) in [5.74, 6) is 0.403. The molecule has 2 nitrogen and oxygen atoms in total. The molecule has 17 heavy (non-hydrogen) atoms. The van der Waals surface area contributed by atoms with E-state index in [9.17, 15) is 0 Å². The van der Waals surface area contributed by atoms with Crippen molar-refractivity contribution in [3.63, 3.8) is 0 Å². The number of rotatable bonds is 4. The van der Waals surface area contributed by atoms with Crippen LogP contribution in [-0.2, 0) is 4.43 Å². The SMILES string of the molecule is C=C(/N=C/c1cc(Cl)ccc1Cl)O[Si](C)(C)C. The molecule has 0 heterocycles. The average molecular weight is 288 g/mol. The topological polar surface area (TPSA) is 21.6 Å². The zero-order valence-corrected chi connectivity index (χ0v) is 12.6. The van der Waals surface area contributed by atoms with Crippen LogP contribution in [0, 0.1) is 0 Å². The summed E-state index contributed by atoms with van der Waals surface area (Å²) in [5.41, 5.74) is 0.750. The van der Waals surface area contributed by atoms with Crippen LogP contribution in [0.2, 0.25) is 29.7 Å². The van der Waals surface area contributed by atoms with Crippen molar-refractivity contribution < 1.29 is 4.43 Å². The van der Waals surface area contributed by atoms with Gasteiger partial charge >= 0.3 is 0 Å². The van der Waals surface area contributed by atoms with E-state index in [0.717, 1.165) is 5.56 Å². The molecule has 0 unspecified atom stereocenters. The van der Waals surface area contributed by atoms with E-state index in [-0.39, 0.29) is 0 Å². The molecular weight excluding hydrogens is 273 g/mol. The van der Waals surface area contributed by atoms with Gasteiger partial charge in [0.05, 0.1) is 0 Å². The maximum absolute atomic E-state index is 6.00. The van der Waals surface area contributed by atoms with Gasteiger partial charge in [0.25, 0.3) is 0 Å². The summed E-state index contributed by atoms with van der Waals surface area (Å²) in [5, 5.41) is 1.21. The van der Waals surface area contributed by atoms with Crippen LogP contribution in [0.4, 0.5) is 0 Å². The van der Waals surface area contributed by atoms with E-state index in [4.69, 9.17) is 27.6 Å². The molecule has 0 saturated carbocycles. The summed E-state index contributed by atoms with van der Waals surface area (Å²) in [7, 11) is -1.66. The molecule has 0 atom stereocenters. The van der Waals surface area contributed by atoms with E-state index in [1.165, 1.54) is 0 Å². The summed E-state index contributed by atoms with van der Waals surface area (Å²) in [4.78, 5) is 4.13. The van der Waals surface area contributed by atoms with E-state index in [1.54, 1.807) is 24.4 Å². The first kappa shape index (κ1) is 14.3. The predicted molar refractivity (Wildman–Crippen MR) is 77.6 cm³/mol. The maximum Gasteiger partial charge on any atom is 0.244 e. The normalized spacial score (nSPS) is 11.8. The van der Waals surface area contributed by atoms with Crippen molar-refractivity contribution in [2.45, 2.75) is 19.6 Å². The molecule has 0 saturated heterocycles. The second kappa shape index (κ2) is 5.71. The Hall–Kier alpha value is -0.773. The minimum Gasteiger partial charge on any atom is -0.532 e. The Bertz CT molecular complexity index is 452. The number of halogens is 2. The van der Waals surface area contributed by atoms with Crippen LogP contribution in [0.15, 0.2) is 35.7 Å². The summed E-state index contributed by atoms with van der Waals surface area (Å²) in [6.07, 6.45) is 1.61. The van der Waals surface area contributed by atoms with Crippen molar-refractivity contribution in [3.8, 4) is 0 Å². The molecule has 0 aliphatic heterocycles. The molecule has 1 aromatic carbocycles. The van der Waals surface area contributed by atoms with Crippen molar-refractivity contribution in [3.05, 3.63) is 46.3 Å². The highest BCUT2D eigenvalue weighted by Gasteiger charge is 2.16. The Morgan fingerprint density at radius 2 is 2.00 bits per heavy atom. The second-order valence-corrected chi connectivity index (χ2v) is 9.80. The molecule has 0 bridgehead atoms. The quantitative estimate of drug-likeness (QED) is 0.445. The van der Waals surface area contributed by atoms with Gasteiger partial charge in [0.2, 0.25) is 8.32 Å². The minimum absolute atomic E-state index is 0.403. The highest BCUT2D eigenvalue weighted by atomic mass is 35.5. The van der Waals surface area contributed by atoms with E-state index in [2.05, 4.69) is 31.2 Å². The number of nitrogens with zero attached hydrogens (tertiary/aromatic N) is 1. The average Bonchev–Trinajstić information content (AvgIpc) is 2.17. The molecule has 5 heteroatoms. The van der Waals surface area contributed by atoms with Gasteiger partial charge in [-0.05, 0) is 44.4 Å². The van der Waals surface area contributed by atoms with Gasteiger partial charge in [0.1, 0.15) is 0 Å². The molecule has 0 aliphatic rings. The number of hydrogen-bond acceptors (Lipinski definition) is 2. The summed E-state index contributed by atoms with van der Waals surface area (Å²) in [6.45, 7) is 9.95. The van der Waals surface area contributed by atoms with Gasteiger partial charge in [0, 0.05) is 21.8 Å². The van der Waals surface area contributed by atoms with E-state index >= 15 is 0 Å². The molecule has 0 radical (unpaired) electrons. The van der Waals surface area contributed by atoms with Crippen LogP contribution in [-0.4, -0.2) is 14.5 Å². The fourth-order valence-corrected chi connectivity index (χ4v) is 2.24. The van der Waals surface area contributed by atoms with Crippen LogP contribution in [0.1, 0.15) is 5.56 Å². The van der Waals surface area contributed by atoms with Crippen LogP contribution >= 0.6 is 23.2 Å². The molecule has 1 aromatic rings. The smallest absolute Gasteiger partial charge is 0.244 e. The first-order chi connectivity index (χ1) is 7.78. The van der Waals surface area contributed by atoms with Crippen LogP contribution in [0.3, 0.4) is 0 Å². The minimum atomic E-state index is -1.66. The molecule has 0 N–H and O–H groups in total. The molecule has 0 aromatic heterocycles. The number of benzene rings is 1. The first-order valence-corrected chi connectivity index (χ1v) is 9.31. The third-order valence-electron chi connectivity index (χ3n) is 1.73. The van der Waals surface area contributed by atoms with Crippen molar-refractivity contribution in [1.82, 2.24) is 0 Å². The second-order valence-electron chi connectivity index (χ2n) is 4.53. The van der Waals surface area contributed by atoms with Gasteiger partial charge in [0.15, 0.2) is 5.88 Å². The summed E-state index contributed by atoms with van der Waals surface area (Å²) >= 11 is 11.9. The Morgan fingerprint density at radius 1 is 1.35 bits per heavy atom. The molecule has 92 valence electrons. The molecule has 0 spiro atoms. The Labute approximate surface area is 113 Å². The van der Waals surface area contributed by atoms with E-state index in [1.807, 2.05) is 0 Å². The monoisotopic (exact) mass is 287 g/mol.